The van der Waals surface area contributed by atoms with E-state index in [2.05, 4.69) is 25.6 Å². The van der Waals surface area contributed by atoms with E-state index in [9.17, 15) is 4.79 Å². The van der Waals surface area contributed by atoms with Crippen molar-refractivity contribution in [2.24, 2.45) is 7.05 Å². The van der Waals surface area contributed by atoms with E-state index in [0.29, 0.717) is 16.3 Å². The van der Waals surface area contributed by atoms with Gasteiger partial charge in [0, 0.05) is 21.1 Å². The van der Waals surface area contributed by atoms with Crippen LogP contribution < -0.4 is 10.6 Å². The predicted molar refractivity (Wildman–Crippen MR) is 74.6 cm³/mol. The maximum atomic E-state index is 11.7. The van der Waals surface area contributed by atoms with Gasteiger partial charge in [-0.15, -0.1) is 0 Å². The van der Waals surface area contributed by atoms with Gasteiger partial charge in [0.1, 0.15) is 21.4 Å². The van der Waals surface area contributed by atoms with Gasteiger partial charge in [0.05, 0.1) is 6.33 Å². The second kappa shape index (κ2) is 4.16. The molecule has 0 aliphatic heterocycles. The van der Waals surface area contributed by atoms with Crippen LogP contribution in [0.4, 0.5) is 5.82 Å². The van der Waals surface area contributed by atoms with Gasteiger partial charge in [0.25, 0.3) is 5.91 Å². The van der Waals surface area contributed by atoms with Crippen molar-refractivity contribution in [2.45, 2.75) is 0 Å². The van der Waals surface area contributed by atoms with E-state index in [-0.39, 0.29) is 5.91 Å². The molecule has 0 saturated heterocycles. The lowest BCUT2D eigenvalue weighted by atomic mass is 10.3. The maximum absolute atomic E-state index is 11.7. The van der Waals surface area contributed by atoms with Crippen LogP contribution in [0.2, 0.25) is 0 Å². The molecule has 3 aromatic rings. The van der Waals surface area contributed by atoms with Gasteiger partial charge >= 0.3 is 0 Å². The first kappa shape index (κ1) is 11.8. The molecule has 19 heavy (non-hydrogen) atoms. The van der Waals surface area contributed by atoms with E-state index in [1.807, 2.05) is 11.6 Å². The molecule has 0 fully saturated rings. The van der Waals surface area contributed by atoms with Gasteiger partial charge in [-0.25, -0.2) is 15.0 Å². The number of pyridine rings is 1. The lowest BCUT2D eigenvalue weighted by molar-refractivity contribution is 0.0963. The normalized spacial score (nSPS) is 11.1. The molecular formula is C11H12N6OS. The Labute approximate surface area is 112 Å². The average molecular weight is 276 g/mol. The van der Waals surface area contributed by atoms with Crippen LogP contribution in [-0.2, 0) is 7.05 Å². The number of thiazole rings is 1. The lowest BCUT2D eigenvalue weighted by Gasteiger charge is -2.01. The van der Waals surface area contributed by atoms with Gasteiger partial charge in [-0.1, -0.05) is 11.3 Å². The zero-order chi connectivity index (χ0) is 13.6. The van der Waals surface area contributed by atoms with Crippen molar-refractivity contribution in [1.29, 1.82) is 0 Å². The van der Waals surface area contributed by atoms with Crippen LogP contribution >= 0.6 is 11.3 Å². The van der Waals surface area contributed by atoms with E-state index in [4.69, 9.17) is 0 Å². The molecule has 2 N–H and O–H groups in total. The minimum atomic E-state index is -0.204. The molecule has 0 aliphatic rings. The number of carbonyl (C=O) groups is 1. The number of hydrogen-bond donors (Lipinski definition) is 2. The van der Waals surface area contributed by atoms with Crippen LogP contribution in [0.25, 0.3) is 21.4 Å². The Morgan fingerprint density at radius 3 is 2.79 bits per heavy atom. The molecule has 1 amide bonds. The van der Waals surface area contributed by atoms with Crippen molar-refractivity contribution in [3.63, 3.8) is 0 Å². The van der Waals surface area contributed by atoms with Gasteiger partial charge in [-0.2, -0.15) is 0 Å². The van der Waals surface area contributed by atoms with Crippen LogP contribution in [-0.4, -0.2) is 39.5 Å². The zero-order valence-corrected chi connectivity index (χ0v) is 11.5. The first-order valence-corrected chi connectivity index (χ1v) is 6.48. The molecule has 98 valence electrons. The fourth-order valence-corrected chi connectivity index (χ4v) is 2.85. The second-order valence-electron chi connectivity index (χ2n) is 4.01. The first-order valence-electron chi connectivity index (χ1n) is 5.67. The summed E-state index contributed by atoms with van der Waals surface area (Å²) in [6.07, 6.45) is 1.71. The van der Waals surface area contributed by atoms with Gasteiger partial charge in [0.2, 0.25) is 0 Å². The van der Waals surface area contributed by atoms with Crippen LogP contribution in [0.5, 0.6) is 0 Å². The SMILES string of the molecule is CNC(=O)c1nc2c(nc(NC)c3ncn(C)c32)s1. The molecule has 7 nitrogen and oxygen atoms in total. The minimum Gasteiger partial charge on any atom is -0.371 e. The smallest absolute Gasteiger partial charge is 0.280 e. The Hall–Kier alpha value is -2.22. The van der Waals surface area contributed by atoms with Crippen LogP contribution in [0, 0.1) is 0 Å². The third-order valence-electron chi connectivity index (χ3n) is 2.87. The molecule has 0 radical (unpaired) electrons. The summed E-state index contributed by atoms with van der Waals surface area (Å²) in [6, 6.07) is 0. The number of fused-ring (bicyclic) bond motifs is 3. The van der Waals surface area contributed by atoms with Crippen molar-refractivity contribution in [2.75, 3.05) is 19.4 Å². The Kier molecular flexibility index (Phi) is 2.59. The summed E-state index contributed by atoms with van der Waals surface area (Å²) in [7, 11) is 5.27. The molecule has 0 saturated carbocycles. The Bertz CT molecular complexity index is 789. The van der Waals surface area contributed by atoms with Gasteiger partial charge in [-0.3, -0.25) is 4.79 Å². The minimum absolute atomic E-state index is 0.204. The van der Waals surface area contributed by atoms with Crippen LogP contribution in [0.3, 0.4) is 0 Å². The predicted octanol–water partition coefficient (Wildman–Crippen LogP) is 0.979. The third kappa shape index (κ3) is 1.64. The molecule has 0 aromatic carbocycles. The van der Waals surface area contributed by atoms with Crippen LogP contribution in [0.15, 0.2) is 6.33 Å². The summed E-state index contributed by atoms with van der Waals surface area (Å²) >= 11 is 1.27. The van der Waals surface area contributed by atoms with E-state index < -0.39 is 0 Å². The van der Waals surface area contributed by atoms with Crippen molar-refractivity contribution in [1.82, 2.24) is 24.8 Å². The number of anilines is 1. The summed E-state index contributed by atoms with van der Waals surface area (Å²) in [6.45, 7) is 0. The highest BCUT2D eigenvalue weighted by Crippen LogP contribution is 2.30. The molecule has 0 bridgehead atoms. The number of nitrogens with one attached hydrogen (secondary N) is 2. The van der Waals surface area contributed by atoms with E-state index in [0.717, 1.165) is 15.9 Å². The third-order valence-corrected chi connectivity index (χ3v) is 3.81. The number of imidazole rings is 1. The highest BCUT2D eigenvalue weighted by Gasteiger charge is 2.18. The highest BCUT2D eigenvalue weighted by atomic mass is 32.1. The van der Waals surface area contributed by atoms with Gasteiger partial charge in [-0.05, 0) is 0 Å². The summed E-state index contributed by atoms with van der Waals surface area (Å²) in [5, 5.41) is 5.99. The largest absolute Gasteiger partial charge is 0.371 e. The van der Waals surface area contributed by atoms with Crippen molar-refractivity contribution in [3.05, 3.63) is 11.3 Å². The first-order chi connectivity index (χ1) is 9.15. The molecule has 0 spiro atoms. The van der Waals surface area contributed by atoms with Crippen molar-refractivity contribution < 1.29 is 4.79 Å². The quantitative estimate of drug-likeness (QED) is 0.729. The molecule has 0 aliphatic carbocycles. The fourth-order valence-electron chi connectivity index (χ4n) is 1.96. The number of carbonyl (C=O) groups excluding carboxylic acids is 1. The highest BCUT2D eigenvalue weighted by molar-refractivity contribution is 7.20. The number of rotatable bonds is 2. The van der Waals surface area contributed by atoms with Gasteiger partial charge in [0.15, 0.2) is 10.8 Å². The summed E-state index contributed by atoms with van der Waals surface area (Å²) in [4.78, 5) is 25.5. The van der Waals surface area contributed by atoms with Crippen LogP contribution in [0.1, 0.15) is 9.80 Å². The Balaban J connectivity index is 2.41. The average Bonchev–Trinajstić information content (AvgIpc) is 3.00. The molecule has 8 heteroatoms. The Morgan fingerprint density at radius 1 is 1.32 bits per heavy atom. The number of hydrogen-bond acceptors (Lipinski definition) is 6. The topological polar surface area (TPSA) is 84.7 Å². The monoisotopic (exact) mass is 276 g/mol. The zero-order valence-electron chi connectivity index (χ0n) is 10.7. The number of nitrogens with zero attached hydrogens (tertiary/aromatic N) is 4. The Morgan fingerprint density at radius 2 is 2.11 bits per heavy atom. The van der Waals surface area contributed by atoms with Gasteiger partial charge < -0.3 is 15.2 Å². The number of aryl methyl sites for hydroxylation is 1. The standard InChI is InChI=1S/C11H12N6OS/c1-12-8-5-7(17(3)4-14-5)6-10(16-8)19-11(15-6)9(18)13-2/h4H,1-3H3,(H,12,16)(H,13,18). The summed E-state index contributed by atoms with van der Waals surface area (Å²) < 4.78 is 1.88. The van der Waals surface area contributed by atoms with E-state index >= 15 is 0 Å². The maximum Gasteiger partial charge on any atom is 0.280 e. The summed E-state index contributed by atoms with van der Waals surface area (Å²) in [5.74, 6) is 0.486. The lowest BCUT2D eigenvalue weighted by Crippen LogP contribution is -2.17. The molecule has 3 aromatic heterocycles. The molecule has 3 heterocycles. The molecular weight excluding hydrogens is 264 g/mol. The van der Waals surface area contributed by atoms with Crippen molar-refractivity contribution >= 4 is 44.4 Å². The summed E-state index contributed by atoms with van der Waals surface area (Å²) in [5.41, 5.74) is 2.34. The number of aromatic nitrogens is 4. The van der Waals surface area contributed by atoms with E-state index in [1.54, 1.807) is 20.4 Å². The fraction of sp³-hybridized carbons (Fsp3) is 0.273. The number of amides is 1. The van der Waals surface area contributed by atoms with Crippen molar-refractivity contribution in [3.8, 4) is 0 Å². The molecule has 3 rings (SSSR count). The second-order valence-corrected chi connectivity index (χ2v) is 4.99. The molecule has 0 atom stereocenters. The van der Waals surface area contributed by atoms with E-state index in [1.165, 1.54) is 11.3 Å². The molecule has 0 unspecified atom stereocenters.